The molecule has 1 N–H and O–H groups in total. The molecule has 1 aromatic carbocycles. The second-order valence-corrected chi connectivity index (χ2v) is 5.31. The summed E-state index contributed by atoms with van der Waals surface area (Å²) in [5.74, 6) is -0.435. The van der Waals surface area contributed by atoms with E-state index in [0.717, 1.165) is 9.75 Å². The van der Waals surface area contributed by atoms with Crippen molar-refractivity contribution in [3.05, 3.63) is 56.5 Å². The second-order valence-electron chi connectivity index (χ2n) is 3.55. The zero-order valence-electron chi connectivity index (χ0n) is 8.58. The summed E-state index contributed by atoms with van der Waals surface area (Å²) in [5.41, 5.74) is 0.479. The molecule has 1 unspecified atom stereocenters. The van der Waals surface area contributed by atoms with Crippen molar-refractivity contribution in [1.82, 2.24) is 0 Å². The summed E-state index contributed by atoms with van der Waals surface area (Å²) in [6, 6.07) is 7.85. The highest BCUT2D eigenvalue weighted by Crippen LogP contribution is 2.29. The maximum atomic E-state index is 13.1. The third kappa shape index (κ3) is 2.43. The highest BCUT2D eigenvalue weighted by atomic mass is 35.5. The van der Waals surface area contributed by atoms with Crippen LogP contribution in [-0.2, 0) is 0 Å². The third-order valence-electron chi connectivity index (χ3n) is 2.23. The van der Waals surface area contributed by atoms with Crippen molar-refractivity contribution in [3.8, 4) is 0 Å². The van der Waals surface area contributed by atoms with Gasteiger partial charge in [0.25, 0.3) is 0 Å². The normalized spacial score (nSPS) is 12.8. The average Bonchev–Trinajstić information content (AvgIpc) is 2.62. The van der Waals surface area contributed by atoms with E-state index in [1.807, 2.05) is 19.1 Å². The van der Waals surface area contributed by atoms with Crippen LogP contribution in [0.4, 0.5) is 4.39 Å². The van der Waals surface area contributed by atoms with Gasteiger partial charge >= 0.3 is 0 Å². The van der Waals surface area contributed by atoms with E-state index in [2.05, 4.69) is 0 Å². The molecule has 1 heterocycles. The maximum absolute atomic E-state index is 13.1. The highest BCUT2D eigenvalue weighted by Gasteiger charge is 2.13. The Bertz CT molecular complexity index is 489. The molecule has 0 aliphatic carbocycles. The highest BCUT2D eigenvalue weighted by molar-refractivity contribution is 7.12. The predicted octanol–water partition coefficient (Wildman–Crippen LogP) is 3.93. The molecular formula is C12H10ClFOS. The van der Waals surface area contributed by atoms with Gasteiger partial charge in [0.05, 0.1) is 0 Å². The molecular weight excluding hydrogens is 247 g/mol. The van der Waals surface area contributed by atoms with Crippen molar-refractivity contribution < 1.29 is 9.50 Å². The summed E-state index contributed by atoms with van der Waals surface area (Å²) in [6.07, 6.45) is -0.813. The largest absolute Gasteiger partial charge is 0.383 e. The Morgan fingerprint density at radius 1 is 1.31 bits per heavy atom. The first-order valence-corrected chi connectivity index (χ1v) is 5.96. The summed E-state index contributed by atoms with van der Waals surface area (Å²) in [7, 11) is 0. The number of aliphatic hydroxyl groups is 1. The van der Waals surface area contributed by atoms with Gasteiger partial charge in [0, 0.05) is 14.8 Å². The smallest absolute Gasteiger partial charge is 0.125 e. The molecule has 0 fully saturated rings. The lowest BCUT2D eigenvalue weighted by molar-refractivity contribution is 0.223. The Hall–Kier alpha value is -0.900. The molecule has 2 aromatic rings. The number of thiophene rings is 1. The molecule has 0 aliphatic heterocycles. The number of rotatable bonds is 2. The lowest BCUT2D eigenvalue weighted by Crippen LogP contribution is -1.97. The number of hydrogen-bond acceptors (Lipinski definition) is 2. The van der Waals surface area contributed by atoms with E-state index >= 15 is 0 Å². The topological polar surface area (TPSA) is 20.2 Å². The molecule has 2 rings (SSSR count). The standard InChI is InChI=1S/C12H10ClFOS/c1-7-2-3-11(16-7)12(15)8-4-9(13)6-10(14)5-8/h2-6,12,15H,1H3. The summed E-state index contributed by atoms with van der Waals surface area (Å²) >= 11 is 7.23. The van der Waals surface area contributed by atoms with Crippen molar-refractivity contribution in [2.24, 2.45) is 0 Å². The lowest BCUT2D eigenvalue weighted by Gasteiger charge is -2.09. The Morgan fingerprint density at radius 3 is 2.62 bits per heavy atom. The first-order valence-electron chi connectivity index (χ1n) is 4.76. The molecule has 4 heteroatoms. The summed E-state index contributed by atoms with van der Waals surface area (Å²) in [5, 5.41) is 10.3. The zero-order chi connectivity index (χ0) is 11.7. The zero-order valence-corrected chi connectivity index (χ0v) is 10.1. The van der Waals surface area contributed by atoms with E-state index in [1.165, 1.54) is 23.5 Å². The van der Waals surface area contributed by atoms with E-state index in [1.54, 1.807) is 6.07 Å². The predicted molar refractivity (Wildman–Crippen MR) is 64.5 cm³/mol. The van der Waals surface area contributed by atoms with Crippen LogP contribution in [0, 0.1) is 12.7 Å². The van der Waals surface area contributed by atoms with Crippen LogP contribution in [0.25, 0.3) is 0 Å². The number of benzene rings is 1. The van der Waals surface area contributed by atoms with Crippen LogP contribution in [0.15, 0.2) is 30.3 Å². The van der Waals surface area contributed by atoms with Crippen molar-refractivity contribution in [2.45, 2.75) is 13.0 Å². The van der Waals surface area contributed by atoms with E-state index in [0.29, 0.717) is 10.6 Å². The molecule has 1 atom stereocenters. The number of halogens is 2. The van der Waals surface area contributed by atoms with Crippen LogP contribution in [0.1, 0.15) is 21.4 Å². The van der Waals surface area contributed by atoms with E-state index in [4.69, 9.17) is 11.6 Å². The van der Waals surface area contributed by atoms with Gasteiger partial charge in [-0.25, -0.2) is 4.39 Å². The Balaban J connectivity index is 2.37. The fraction of sp³-hybridized carbons (Fsp3) is 0.167. The molecule has 0 amide bonds. The SMILES string of the molecule is Cc1ccc(C(O)c2cc(F)cc(Cl)c2)s1. The van der Waals surface area contributed by atoms with Crippen LogP contribution in [0.5, 0.6) is 0 Å². The van der Waals surface area contributed by atoms with Gasteiger partial charge in [0.1, 0.15) is 11.9 Å². The van der Waals surface area contributed by atoms with Crippen molar-refractivity contribution >= 4 is 22.9 Å². The van der Waals surface area contributed by atoms with Crippen molar-refractivity contribution in [1.29, 1.82) is 0 Å². The maximum Gasteiger partial charge on any atom is 0.125 e. The van der Waals surface area contributed by atoms with Gasteiger partial charge in [0.2, 0.25) is 0 Å². The summed E-state index contributed by atoms with van der Waals surface area (Å²) in [4.78, 5) is 1.90. The van der Waals surface area contributed by atoms with E-state index in [9.17, 15) is 9.50 Å². The number of hydrogen-bond donors (Lipinski definition) is 1. The van der Waals surface area contributed by atoms with Gasteiger partial charge in [-0.05, 0) is 42.8 Å². The Morgan fingerprint density at radius 2 is 2.06 bits per heavy atom. The molecule has 1 nitrogen and oxygen atoms in total. The molecule has 0 bridgehead atoms. The van der Waals surface area contributed by atoms with Crippen LogP contribution in [0.3, 0.4) is 0 Å². The van der Waals surface area contributed by atoms with Crippen LogP contribution in [-0.4, -0.2) is 5.11 Å². The minimum absolute atomic E-state index is 0.294. The number of aliphatic hydroxyl groups excluding tert-OH is 1. The van der Waals surface area contributed by atoms with Gasteiger partial charge < -0.3 is 5.11 Å². The average molecular weight is 257 g/mol. The van der Waals surface area contributed by atoms with E-state index in [-0.39, 0.29) is 0 Å². The lowest BCUT2D eigenvalue weighted by atomic mass is 10.1. The van der Waals surface area contributed by atoms with Gasteiger partial charge in [-0.2, -0.15) is 0 Å². The fourth-order valence-electron chi connectivity index (χ4n) is 1.50. The van der Waals surface area contributed by atoms with Gasteiger partial charge in [-0.15, -0.1) is 11.3 Å². The molecule has 0 saturated carbocycles. The molecule has 0 aliphatic rings. The third-order valence-corrected chi connectivity index (χ3v) is 3.50. The molecule has 0 spiro atoms. The first kappa shape index (κ1) is 11.6. The Kier molecular flexibility index (Phi) is 3.28. The fourth-order valence-corrected chi connectivity index (χ4v) is 2.62. The Labute approximate surface area is 102 Å². The number of aryl methyl sites for hydroxylation is 1. The monoisotopic (exact) mass is 256 g/mol. The van der Waals surface area contributed by atoms with Crippen LogP contribution in [0.2, 0.25) is 5.02 Å². The van der Waals surface area contributed by atoms with Crippen molar-refractivity contribution in [2.75, 3.05) is 0 Å². The molecule has 0 saturated heterocycles. The summed E-state index contributed by atoms with van der Waals surface area (Å²) < 4.78 is 13.1. The van der Waals surface area contributed by atoms with Crippen LogP contribution < -0.4 is 0 Å². The minimum Gasteiger partial charge on any atom is -0.383 e. The van der Waals surface area contributed by atoms with Crippen molar-refractivity contribution in [3.63, 3.8) is 0 Å². The quantitative estimate of drug-likeness (QED) is 0.863. The summed E-state index contributed by atoms with van der Waals surface area (Å²) in [6.45, 7) is 1.96. The van der Waals surface area contributed by atoms with Gasteiger partial charge in [-0.3, -0.25) is 0 Å². The van der Waals surface area contributed by atoms with Gasteiger partial charge in [0.15, 0.2) is 0 Å². The molecule has 84 valence electrons. The first-order chi connectivity index (χ1) is 7.56. The minimum atomic E-state index is -0.813. The molecule has 0 radical (unpaired) electrons. The van der Waals surface area contributed by atoms with Gasteiger partial charge in [-0.1, -0.05) is 11.6 Å². The van der Waals surface area contributed by atoms with Crippen LogP contribution >= 0.6 is 22.9 Å². The van der Waals surface area contributed by atoms with E-state index < -0.39 is 11.9 Å². The second kappa shape index (κ2) is 4.53. The molecule has 1 aromatic heterocycles. The molecule has 16 heavy (non-hydrogen) atoms.